The Bertz CT molecular complexity index is 1220. The van der Waals surface area contributed by atoms with E-state index in [1.165, 1.54) is 0 Å². The van der Waals surface area contributed by atoms with Gasteiger partial charge in [-0.1, -0.05) is 83.9 Å². The number of benzene rings is 3. The SMILES string of the molecule is COc1ccc(Cl)c(-n2c(-c3ccccc3)cc(=O)c(Cl)c2-c2ccccc2)c1. The van der Waals surface area contributed by atoms with Gasteiger partial charge in [0.1, 0.15) is 10.8 Å². The minimum absolute atomic E-state index is 0.134. The van der Waals surface area contributed by atoms with Crippen LogP contribution < -0.4 is 10.2 Å². The van der Waals surface area contributed by atoms with E-state index in [-0.39, 0.29) is 10.5 Å². The van der Waals surface area contributed by atoms with Crippen LogP contribution in [0.3, 0.4) is 0 Å². The zero-order valence-corrected chi connectivity index (χ0v) is 17.1. The first-order valence-corrected chi connectivity index (χ1v) is 9.76. The van der Waals surface area contributed by atoms with Crippen molar-refractivity contribution in [1.29, 1.82) is 0 Å². The number of hydrogen-bond donors (Lipinski definition) is 0. The van der Waals surface area contributed by atoms with Crippen LogP contribution >= 0.6 is 23.2 Å². The first-order chi connectivity index (χ1) is 14.1. The smallest absolute Gasteiger partial charge is 0.201 e. The van der Waals surface area contributed by atoms with Gasteiger partial charge in [-0.05, 0) is 17.7 Å². The van der Waals surface area contributed by atoms with E-state index in [2.05, 4.69) is 0 Å². The van der Waals surface area contributed by atoms with Crippen molar-refractivity contribution in [2.45, 2.75) is 0 Å². The molecule has 0 spiro atoms. The lowest BCUT2D eigenvalue weighted by Gasteiger charge is -2.22. The molecule has 0 unspecified atom stereocenters. The second-order valence-electron chi connectivity index (χ2n) is 6.44. The molecule has 4 rings (SSSR count). The van der Waals surface area contributed by atoms with Crippen molar-refractivity contribution >= 4 is 23.2 Å². The molecule has 5 heteroatoms. The maximum atomic E-state index is 12.8. The van der Waals surface area contributed by atoms with Gasteiger partial charge in [-0.2, -0.15) is 0 Å². The summed E-state index contributed by atoms with van der Waals surface area (Å²) in [6, 6.07) is 26.2. The van der Waals surface area contributed by atoms with E-state index in [4.69, 9.17) is 27.9 Å². The summed E-state index contributed by atoms with van der Waals surface area (Å²) in [6.45, 7) is 0. The summed E-state index contributed by atoms with van der Waals surface area (Å²) in [5.41, 5.74) is 3.37. The molecule has 0 aliphatic carbocycles. The highest BCUT2D eigenvalue weighted by molar-refractivity contribution is 6.34. The van der Waals surface area contributed by atoms with Crippen LogP contribution in [-0.2, 0) is 0 Å². The molecule has 3 aromatic carbocycles. The summed E-state index contributed by atoms with van der Waals surface area (Å²) in [7, 11) is 1.60. The van der Waals surface area contributed by atoms with Crippen molar-refractivity contribution < 1.29 is 4.74 Å². The lowest BCUT2D eigenvalue weighted by Crippen LogP contribution is -2.14. The summed E-state index contributed by atoms with van der Waals surface area (Å²) < 4.78 is 7.33. The van der Waals surface area contributed by atoms with Crippen LogP contribution in [0.2, 0.25) is 10.0 Å². The van der Waals surface area contributed by atoms with Gasteiger partial charge in [0.05, 0.1) is 29.2 Å². The first-order valence-electron chi connectivity index (χ1n) is 9.00. The van der Waals surface area contributed by atoms with Crippen LogP contribution in [0.1, 0.15) is 0 Å². The molecular weight excluding hydrogens is 405 g/mol. The number of pyridine rings is 1. The van der Waals surface area contributed by atoms with Gasteiger partial charge in [0.25, 0.3) is 0 Å². The van der Waals surface area contributed by atoms with E-state index >= 15 is 0 Å². The number of hydrogen-bond acceptors (Lipinski definition) is 2. The quantitative estimate of drug-likeness (QED) is 0.377. The van der Waals surface area contributed by atoms with Gasteiger partial charge in [-0.3, -0.25) is 4.79 Å². The van der Waals surface area contributed by atoms with E-state index in [0.29, 0.717) is 27.8 Å². The number of methoxy groups -OCH3 is 1. The minimum Gasteiger partial charge on any atom is -0.497 e. The maximum absolute atomic E-state index is 12.8. The van der Waals surface area contributed by atoms with Gasteiger partial charge >= 0.3 is 0 Å². The molecule has 0 N–H and O–H groups in total. The molecular formula is C24H17Cl2NO2. The maximum Gasteiger partial charge on any atom is 0.201 e. The zero-order chi connectivity index (χ0) is 20.4. The Kier molecular flexibility index (Phi) is 5.43. The van der Waals surface area contributed by atoms with Crippen molar-refractivity contribution in [1.82, 2.24) is 4.57 Å². The second-order valence-corrected chi connectivity index (χ2v) is 7.23. The fraction of sp³-hybridized carbons (Fsp3) is 0.0417. The summed E-state index contributed by atoms with van der Waals surface area (Å²) >= 11 is 13.2. The molecule has 1 aromatic heterocycles. The molecule has 4 aromatic rings. The first kappa shape index (κ1) is 19.3. The third-order valence-corrected chi connectivity index (χ3v) is 5.35. The predicted molar refractivity (Wildman–Crippen MR) is 119 cm³/mol. The van der Waals surface area contributed by atoms with Crippen LogP contribution in [0, 0.1) is 0 Å². The third kappa shape index (κ3) is 3.67. The van der Waals surface area contributed by atoms with Crippen molar-refractivity contribution in [3.63, 3.8) is 0 Å². The zero-order valence-electron chi connectivity index (χ0n) is 15.6. The standard InChI is InChI=1S/C24H17Cl2NO2/c1-29-18-12-13-19(25)21(14-18)27-20(16-8-4-2-5-9-16)15-22(28)23(26)24(27)17-10-6-3-7-11-17/h2-15H,1H3. The summed E-state index contributed by atoms with van der Waals surface area (Å²) in [5, 5.41) is 0.648. The molecule has 0 atom stereocenters. The Morgan fingerprint density at radius 2 is 1.41 bits per heavy atom. The largest absolute Gasteiger partial charge is 0.497 e. The molecule has 0 aliphatic heterocycles. The Hall–Kier alpha value is -3.01. The summed E-state index contributed by atoms with van der Waals surface area (Å²) in [5.74, 6) is 0.650. The molecule has 0 saturated heterocycles. The van der Waals surface area contributed by atoms with Gasteiger partial charge in [0.15, 0.2) is 0 Å². The normalized spacial score (nSPS) is 10.7. The molecule has 0 saturated carbocycles. The molecule has 3 nitrogen and oxygen atoms in total. The van der Waals surface area contributed by atoms with Gasteiger partial charge in [-0.25, -0.2) is 0 Å². The van der Waals surface area contributed by atoms with E-state index in [9.17, 15) is 4.79 Å². The minimum atomic E-state index is -0.250. The molecule has 0 aliphatic rings. The van der Waals surface area contributed by atoms with Crippen molar-refractivity contribution in [3.8, 4) is 34.0 Å². The summed E-state index contributed by atoms with van der Waals surface area (Å²) in [6.07, 6.45) is 0. The third-order valence-electron chi connectivity index (χ3n) is 4.67. The highest BCUT2D eigenvalue weighted by Gasteiger charge is 2.20. The van der Waals surface area contributed by atoms with Crippen LogP contribution in [0.15, 0.2) is 89.7 Å². The fourth-order valence-corrected chi connectivity index (χ4v) is 3.75. The Labute approximate surface area is 178 Å². The topological polar surface area (TPSA) is 31.2 Å². The Balaban J connectivity index is 2.17. The molecule has 0 amide bonds. The number of rotatable bonds is 4. The van der Waals surface area contributed by atoms with Gasteiger partial charge in [0, 0.05) is 17.7 Å². The van der Waals surface area contributed by atoms with E-state index in [0.717, 1.165) is 11.1 Å². The van der Waals surface area contributed by atoms with Gasteiger partial charge in [0.2, 0.25) is 5.43 Å². The molecule has 0 radical (unpaired) electrons. The van der Waals surface area contributed by atoms with Gasteiger partial charge in [-0.15, -0.1) is 0 Å². The highest BCUT2D eigenvalue weighted by Crippen LogP contribution is 2.37. The predicted octanol–water partition coefficient (Wildman–Crippen LogP) is 6.49. The summed E-state index contributed by atoms with van der Waals surface area (Å²) in [4.78, 5) is 12.8. The molecule has 0 fully saturated rings. The van der Waals surface area contributed by atoms with E-state index in [1.54, 1.807) is 25.3 Å². The van der Waals surface area contributed by atoms with E-state index < -0.39 is 0 Å². The van der Waals surface area contributed by atoms with Gasteiger partial charge < -0.3 is 9.30 Å². The monoisotopic (exact) mass is 421 g/mol. The Morgan fingerprint density at radius 3 is 2.03 bits per heavy atom. The molecule has 144 valence electrons. The average Bonchev–Trinajstić information content (AvgIpc) is 2.77. The van der Waals surface area contributed by atoms with Crippen LogP contribution in [-0.4, -0.2) is 11.7 Å². The Morgan fingerprint density at radius 1 is 0.793 bits per heavy atom. The van der Waals surface area contributed by atoms with Crippen molar-refractivity contribution in [2.75, 3.05) is 7.11 Å². The number of aromatic nitrogens is 1. The lowest BCUT2D eigenvalue weighted by atomic mass is 10.1. The molecule has 29 heavy (non-hydrogen) atoms. The van der Waals surface area contributed by atoms with Crippen LogP contribution in [0.5, 0.6) is 5.75 Å². The van der Waals surface area contributed by atoms with Crippen molar-refractivity contribution in [2.24, 2.45) is 0 Å². The number of ether oxygens (including phenoxy) is 1. The van der Waals surface area contributed by atoms with Crippen molar-refractivity contribution in [3.05, 3.63) is 105 Å². The average molecular weight is 422 g/mol. The van der Waals surface area contributed by atoms with E-state index in [1.807, 2.05) is 71.3 Å². The van der Waals surface area contributed by atoms with Crippen LogP contribution in [0.25, 0.3) is 28.2 Å². The second kappa shape index (κ2) is 8.16. The lowest BCUT2D eigenvalue weighted by molar-refractivity contribution is 0.414. The molecule has 1 heterocycles. The number of halogens is 2. The highest BCUT2D eigenvalue weighted by atomic mass is 35.5. The fourth-order valence-electron chi connectivity index (χ4n) is 3.30. The number of nitrogens with zero attached hydrogens (tertiary/aromatic N) is 1. The molecule has 0 bridgehead atoms. The van der Waals surface area contributed by atoms with Crippen LogP contribution in [0.4, 0.5) is 0 Å².